The molecule has 0 unspecified atom stereocenters. The van der Waals surface area contributed by atoms with Gasteiger partial charge in [-0.05, 0) is 30.5 Å². The Bertz CT molecular complexity index is 620. The summed E-state index contributed by atoms with van der Waals surface area (Å²) in [6, 6.07) is 9.91. The van der Waals surface area contributed by atoms with E-state index in [1.165, 1.54) is 23.4 Å². The maximum Gasteiger partial charge on any atom is 0.180 e. The maximum atomic E-state index is 8.91. The zero-order valence-electron chi connectivity index (χ0n) is 9.89. The number of nitrogens with zero attached hydrogens (tertiary/aromatic N) is 2. The summed E-state index contributed by atoms with van der Waals surface area (Å²) in [4.78, 5) is 5.70. The molecule has 1 saturated carbocycles. The van der Waals surface area contributed by atoms with E-state index in [0.717, 1.165) is 12.0 Å². The molecule has 0 atom stereocenters. The summed E-state index contributed by atoms with van der Waals surface area (Å²) in [6.45, 7) is 0. The third-order valence-corrected chi connectivity index (χ3v) is 4.03. The lowest BCUT2D eigenvalue weighted by Crippen LogP contribution is -1.91. The van der Waals surface area contributed by atoms with E-state index in [1.54, 1.807) is 11.3 Å². The minimum absolute atomic E-state index is 0.618. The lowest BCUT2D eigenvalue weighted by atomic mass is 10.1. The molecule has 1 aromatic heterocycles. The second kappa shape index (κ2) is 4.43. The second-order valence-corrected chi connectivity index (χ2v) is 5.74. The number of aromatic nitrogens is 1. The molecule has 1 aromatic carbocycles. The largest absolute Gasteiger partial charge is 0.375 e. The summed E-state index contributed by atoms with van der Waals surface area (Å²) < 4.78 is 0. The van der Waals surface area contributed by atoms with Crippen LogP contribution in [0, 0.1) is 11.3 Å². The summed E-state index contributed by atoms with van der Waals surface area (Å²) in [5, 5.41) is 9.56. The highest BCUT2D eigenvalue weighted by Gasteiger charge is 2.29. The third kappa shape index (κ3) is 2.22. The molecule has 0 aliphatic heterocycles. The van der Waals surface area contributed by atoms with Crippen molar-refractivity contribution in [1.29, 1.82) is 5.26 Å². The van der Waals surface area contributed by atoms with Crippen LogP contribution in [-0.4, -0.2) is 4.98 Å². The number of hydrogen-bond donors (Lipinski definition) is 1. The Morgan fingerprint density at radius 1 is 1.44 bits per heavy atom. The molecule has 0 radical (unpaired) electrons. The Morgan fingerprint density at radius 2 is 2.28 bits per heavy atom. The number of thiazole rings is 1. The molecular weight excluding hydrogens is 242 g/mol. The van der Waals surface area contributed by atoms with Crippen molar-refractivity contribution in [3.8, 4) is 6.07 Å². The van der Waals surface area contributed by atoms with Gasteiger partial charge in [-0.15, -0.1) is 11.3 Å². The molecular formula is C14H13N3S. The summed E-state index contributed by atoms with van der Waals surface area (Å²) in [5.41, 5.74) is 8.85. The van der Waals surface area contributed by atoms with Crippen LogP contribution in [-0.2, 0) is 6.42 Å². The maximum absolute atomic E-state index is 8.91. The van der Waals surface area contributed by atoms with E-state index < -0.39 is 0 Å². The number of nitriles is 1. The highest BCUT2D eigenvalue weighted by molar-refractivity contribution is 7.15. The normalized spacial score (nSPS) is 14.4. The van der Waals surface area contributed by atoms with Crippen molar-refractivity contribution in [1.82, 2.24) is 4.98 Å². The molecule has 0 bridgehead atoms. The van der Waals surface area contributed by atoms with Crippen LogP contribution in [0.5, 0.6) is 0 Å². The molecule has 2 aromatic rings. The minimum Gasteiger partial charge on any atom is -0.375 e. The van der Waals surface area contributed by atoms with Gasteiger partial charge in [-0.3, -0.25) is 0 Å². The summed E-state index contributed by atoms with van der Waals surface area (Å²) in [5.74, 6) is 0.618. The summed E-state index contributed by atoms with van der Waals surface area (Å²) in [7, 11) is 0. The third-order valence-electron chi connectivity index (χ3n) is 3.13. The van der Waals surface area contributed by atoms with Crippen molar-refractivity contribution < 1.29 is 0 Å². The van der Waals surface area contributed by atoms with E-state index in [4.69, 9.17) is 11.0 Å². The first-order valence-corrected chi connectivity index (χ1v) is 6.82. The molecule has 3 nitrogen and oxygen atoms in total. The van der Waals surface area contributed by atoms with Crippen LogP contribution >= 0.6 is 11.3 Å². The van der Waals surface area contributed by atoms with Crippen LogP contribution in [0.2, 0.25) is 0 Å². The van der Waals surface area contributed by atoms with Gasteiger partial charge >= 0.3 is 0 Å². The van der Waals surface area contributed by atoms with Gasteiger partial charge in [-0.1, -0.05) is 12.1 Å². The zero-order chi connectivity index (χ0) is 12.5. The van der Waals surface area contributed by atoms with E-state index in [-0.39, 0.29) is 0 Å². The molecule has 1 fully saturated rings. The number of nitrogen functional groups attached to an aromatic ring is 1. The zero-order valence-corrected chi connectivity index (χ0v) is 10.7. The fourth-order valence-electron chi connectivity index (χ4n) is 2.12. The van der Waals surface area contributed by atoms with Crippen molar-refractivity contribution in [2.45, 2.75) is 25.2 Å². The molecule has 3 rings (SSSR count). The summed E-state index contributed by atoms with van der Waals surface area (Å²) in [6.07, 6.45) is 3.29. The Labute approximate surface area is 110 Å². The van der Waals surface area contributed by atoms with Crippen LogP contribution in [0.15, 0.2) is 24.3 Å². The number of anilines is 1. The molecule has 1 aliphatic rings. The average molecular weight is 255 g/mol. The molecule has 1 heterocycles. The van der Waals surface area contributed by atoms with Crippen molar-refractivity contribution in [3.05, 3.63) is 46.0 Å². The van der Waals surface area contributed by atoms with Crippen LogP contribution in [0.4, 0.5) is 5.13 Å². The van der Waals surface area contributed by atoms with E-state index >= 15 is 0 Å². The van der Waals surface area contributed by atoms with Crippen LogP contribution < -0.4 is 5.73 Å². The first kappa shape index (κ1) is 11.2. The van der Waals surface area contributed by atoms with Crippen LogP contribution in [0.3, 0.4) is 0 Å². The first-order valence-electron chi connectivity index (χ1n) is 6.00. The number of benzene rings is 1. The molecule has 18 heavy (non-hydrogen) atoms. The van der Waals surface area contributed by atoms with Gasteiger partial charge in [-0.2, -0.15) is 5.26 Å². The highest BCUT2D eigenvalue weighted by Crippen LogP contribution is 2.43. The van der Waals surface area contributed by atoms with Crippen molar-refractivity contribution in [3.63, 3.8) is 0 Å². The SMILES string of the molecule is N#Cc1cccc(Cc2sc(N)nc2C2CC2)c1. The van der Waals surface area contributed by atoms with Gasteiger partial charge in [0.15, 0.2) is 5.13 Å². The van der Waals surface area contributed by atoms with Gasteiger partial charge in [-0.25, -0.2) is 4.98 Å². The van der Waals surface area contributed by atoms with Gasteiger partial charge in [0, 0.05) is 17.2 Å². The monoisotopic (exact) mass is 255 g/mol. The molecule has 1 aliphatic carbocycles. The van der Waals surface area contributed by atoms with E-state index in [2.05, 4.69) is 11.1 Å². The van der Waals surface area contributed by atoms with Gasteiger partial charge in [0.2, 0.25) is 0 Å². The topological polar surface area (TPSA) is 62.7 Å². The lowest BCUT2D eigenvalue weighted by Gasteiger charge is -2.01. The summed E-state index contributed by atoms with van der Waals surface area (Å²) >= 11 is 1.57. The lowest BCUT2D eigenvalue weighted by molar-refractivity contribution is 1.01. The molecule has 4 heteroatoms. The van der Waals surface area contributed by atoms with Gasteiger partial charge in [0.25, 0.3) is 0 Å². The number of rotatable bonds is 3. The fraction of sp³-hybridized carbons (Fsp3) is 0.286. The van der Waals surface area contributed by atoms with E-state index in [0.29, 0.717) is 16.6 Å². The molecule has 2 N–H and O–H groups in total. The van der Waals surface area contributed by atoms with Crippen LogP contribution in [0.1, 0.15) is 40.5 Å². The number of nitrogens with two attached hydrogens (primary N) is 1. The average Bonchev–Trinajstić information content (AvgIpc) is 3.15. The highest BCUT2D eigenvalue weighted by atomic mass is 32.1. The second-order valence-electron chi connectivity index (χ2n) is 4.62. The van der Waals surface area contributed by atoms with Crippen molar-refractivity contribution in [2.24, 2.45) is 0 Å². The smallest absolute Gasteiger partial charge is 0.180 e. The van der Waals surface area contributed by atoms with Crippen LogP contribution in [0.25, 0.3) is 0 Å². The molecule has 0 spiro atoms. The number of hydrogen-bond acceptors (Lipinski definition) is 4. The Balaban J connectivity index is 1.89. The van der Waals surface area contributed by atoms with E-state index in [9.17, 15) is 0 Å². The molecule has 90 valence electrons. The standard InChI is InChI=1S/C14H13N3S/c15-8-10-3-1-2-9(6-10)7-12-13(11-4-5-11)17-14(16)18-12/h1-3,6,11H,4-5,7H2,(H2,16,17). The molecule has 0 saturated heterocycles. The van der Waals surface area contributed by atoms with E-state index in [1.807, 2.05) is 24.3 Å². The first-order chi connectivity index (χ1) is 8.76. The van der Waals surface area contributed by atoms with Gasteiger partial charge in [0.1, 0.15) is 0 Å². The molecule has 0 amide bonds. The van der Waals surface area contributed by atoms with Crippen molar-refractivity contribution >= 4 is 16.5 Å². The quantitative estimate of drug-likeness (QED) is 0.916. The Hall–Kier alpha value is -1.86. The van der Waals surface area contributed by atoms with Crippen molar-refractivity contribution in [2.75, 3.05) is 5.73 Å². The fourth-order valence-corrected chi connectivity index (χ4v) is 3.07. The predicted octanol–water partition coefficient (Wildman–Crippen LogP) is 3.07. The van der Waals surface area contributed by atoms with Gasteiger partial charge < -0.3 is 5.73 Å². The van der Waals surface area contributed by atoms with Gasteiger partial charge in [0.05, 0.1) is 17.3 Å². The Morgan fingerprint density at radius 3 is 3.00 bits per heavy atom. The minimum atomic E-state index is 0.618. The predicted molar refractivity (Wildman–Crippen MR) is 72.5 cm³/mol. The Kier molecular flexibility index (Phi) is 2.77.